The molecule has 1 heterocycles. The number of nitrogens with one attached hydrogen (secondary N) is 1. The second-order valence-electron chi connectivity index (χ2n) is 6.36. The van der Waals surface area contributed by atoms with E-state index in [1.54, 1.807) is 31.2 Å². The van der Waals surface area contributed by atoms with E-state index in [9.17, 15) is 19.1 Å². The van der Waals surface area contributed by atoms with E-state index in [4.69, 9.17) is 4.42 Å². The van der Waals surface area contributed by atoms with E-state index in [1.165, 1.54) is 18.2 Å². The molecule has 0 fully saturated rings. The molecule has 3 rings (SSSR count). The zero-order chi connectivity index (χ0) is 19.4. The maximum Gasteiger partial charge on any atom is 0.339 e. The molecule has 6 heteroatoms. The summed E-state index contributed by atoms with van der Waals surface area (Å²) < 4.78 is 18.8. The predicted octanol–water partition coefficient (Wildman–Crippen LogP) is 3.24. The molecule has 0 saturated carbocycles. The molecule has 0 bridgehead atoms. The molecule has 0 unspecified atom stereocenters. The van der Waals surface area contributed by atoms with E-state index in [0.717, 1.165) is 10.9 Å². The first kappa shape index (κ1) is 18.6. The summed E-state index contributed by atoms with van der Waals surface area (Å²) >= 11 is 0. The van der Waals surface area contributed by atoms with Crippen LogP contribution in [0.1, 0.15) is 23.1 Å². The molecule has 1 amide bonds. The van der Waals surface area contributed by atoms with E-state index in [-0.39, 0.29) is 30.3 Å². The van der Waals surface area contributed by atoms with Gasteiger partial charge in [0.05, 0.1) is 0 Å². The predicted molar refractivity (Wildman–Crippen MR) is 100 cm³/mol. The first-order valence-electron chi connectivity index (χ1n) is 8.71. The Kier molecular flexibility index (Phi) is 5.54. The maximum atomic E-state index is 13.6. The first-order valence-corrected chi connectivity index (χ1v) is 8.71. The van der Waals surface area contributed by atoms with E-state index in [0.29, 0.717) is 29.7 Å². The van der Waals surface area contributed by atoms with Crippen LogP contribution >= 0.6 is 0 Å². The largest absolute Gasteiger partial charge is 0.508 e. The van der Waals surface area contributed by atoms with Crippen LogP contribution in [0.25, 0.3) is 11.0 Å². The van der Waals surface area contributed by atoms with Crippen molar-refractivity contribution in [3.63, 3.8) is 0 Å². The highest BCUT2D eigenvalue weighted by molar-refractivity contribution is 5.82. The Morgan fingerprint density at radius 2 is 1.96 bits per heavy atom. The van der Waals surface area contributed by atoms with Crippen LogP contribution in [0.3, 0.4) is 0 Å². The van der Waals surface area contributed by atoms with E-state index in [2.05, 4.69) is 5.32 Å². The molecular weight excluding hydrogens is 349 g/mol. The van der Waals surface area contributed by atoms with Gasteiger partial charge in [-0.05, 0) is 49.1 Å². The highest BCUT2D eigenvalue weighted by atomic mass is 19.1. The van der Waals surface area contributed by atoms with Gasteiger partial charge < -0.3 is 14.8 Å². The quantitative estimate of drug-likeness (QED) is 0.654. The summed E-state index contributed by atoms with van der Waals surface area (Å²) in [4.78, 5) is 24.2. The van der Waals surface area contributed by atoms with Gasteiger partial charge in [-0.25, -0.2) is 9.18 Å². The van der Waals surface area contributed by atoms with Gasteiger partial charge in [-0.2, -0.15) is 0 Å². The Morgan fingerprint density at radius 1 is 1.19 bits per heavy atom. The van der Waals surface area contributed by atoms with Crippen LogP contribution in [-0.2, 0) is 17.6 Å². The number of carbonyl (C=O) groups excluding carboxylic acids is 1. The van der Waals surface area contributed by atoms with Crippen LogP contribution in [0.4, 0.5) is 4.39 Å². The van der Waals surface area contributed by atoms with Gasteiger partial charge in [0.1, 0.15) is 17.1 Å². The third kappa shape index (κ3) is 4.34. The van der Waals surface area contributed by atoms with Gasteiger partial charge in [-0.15, -0.1) is 0 Å². The molecule has 2 aromatic carbocycles. The number of hydrogen-bond donors (Lipinski definition) is 2. The molecule has 2 N–H and O–H groups in total. The molecule has 0 aliphatic rings. The number of halogens is 1. The monoisotopic (exact) mass is 369 g/mol. The van der Waals surface area contributed by atoms with Crippen molar-refractivity contribution >= 4 is 16.9 Å². The Hall–Kier alpha value is -3.15. The average molecular weight is 369 g/mol. The Labute approximate surface area is 155 Å². The fraction of sp³-hybridized carbons (Fsp3) is 0.238. The minimum atomic E-state index is -0.509. The fourth-order valence-corrected chi connectivity index (χ4v) is 3.04. The van der Waals surface area contributed by atoms with Gasteiger partial charge >= 0.3 is 5.63 Å². The average Bonchev–Trinajstić information content (AvgIpc) is 2.63. The van der Waals surface area contributed by atoms with Crippen molar-refractivity contribution in [1.29, 1.82) is 0 Å². The fourth-order valence-electron chi connectivity index (χ4n) is 3.04. The van der Waals surface area contributed by atoms with Crippen molar-refractivity contribution < 1.29 is 18.7 Å². The van der Waals surface area contributed by atoms with Crippen molar-refractivity contribution in [3.05, 3.63) is 75.4 Å². The molecule has 0 saturated heterocycles. The molecule has 5 nitrogen and oxygen atoms in total. The number of aryl methyl sites for hydroxylation is 1. The summed E-state index contributed by atoms with van der Waals surface area (Å²) in [7, 11) is 0. The number of hydrogen-bond acceptors (Lipinski definition) is 4. The lowest BCUT2D eigenvalue weighted by atomic mass is 10.0. The number of carbonyl (C=O) groups is 1. The molecule has 1 aromatic heterocycles. The van der Waals surface area contributed by atoms with Crippen molar-refractivity contribution in [1.82, 2.24) is 5.32 Å². The van der Waals surface area contributed by atoms with Crippen molar-refractivity contribution in [2.24, 2.45) is 0 Å². The Balaban J connectivity index is 1.61. The second-order valence-corrected chi connectivity index (χ2v) is 6.36. The summed E-state index contributed by atoms with van der Waals surface area (Å²) in [5.41, 5.74) is 1.53. The number of amides is 1. The number of fused-ring (bicyclic) bond motifs is 1. The van der Waals surface area contributed by atoms with E-state index < -0.39 is 5.63 Å². The molecule has 27 heavy (non-hydrogen) atoms. The summed E-state index contributed by atoms with van der Waals surface area (Å²) in [6, 6.07) is 11.0. The molecule has 0 radical (unpaired) electrons. The lowest BCUT2D eigenvalue weighted by Crippen LogP contribution is -2.26. The maximum absolute atomic E-state index is 13.6. The second kappa shape index (κ2) is 8.03. The van der Waals surface area contributed by atoms with Crippen LogP contribution in [0.15, 0.2) is 51.7 Å². The third-order valence-corrected chi connectivity index (χ3v) is 4.55. The van der Waals surface area contributed by atoms with Gasteiger partial charge in [0.25, 0.3) is 0 Å². The number of phenols is 1. The van der Waals surface area contributed by atoms with Crippen molar-refractivity contribution in [3.8, 4) is 5.75 Å². The summed E-state index contributed by atoms with van der Waals surface area (Å²) in [6.07, 6.45) is 0.780. The Morgan fingerprint density at radius 3 is 2.74 bits per heavy atom. The minimum absolute atomic E-state index is 0.0204. The zero-order valence-corrected chi connectivity index (χ0v) is 14.9. The van der Waals surface area contributed by atoms with Crippen LogP contribution in [-0.4, -0.2) is 17.6 Å². The summed E-state index contributed by atoms with van der Waals surface area (Å²) in [6.45, 7) is 2.12. The van der Waals surface area contributed by atoms with Crippen LogP contribution in [0, 0.1) is 12.7 Å². The molecule has 0 spiro atoms. The lowest BCUT2D eigenvalue weighted by Gasteiger charge is -2.09. The van der Waals surface area contributed by atoms with Gasteiger partial charge in [0, 0.05) is 30.0 Å². The topological polar surface area (TPSA) is 79.5 Å². The van der Waals surface area contributed by atoms with Crippen molar-refractivity contribution in [2.45, 2.75) is 26.2 Å². The molecule has 0 atom stereocenters. The van der Waals surface area contributed by atoms with Crippen LogP contribution in [0.5, 0.6) is 5.75 Å². The molecule has 140 valence electrons. The SMILES string of the molecule is Cc1c(CCC(=O)NCCc2ccccc2F)c(=O)oc2cc(O)ccc12. The first-order chi connectivity index (χ1) is 13.0. The molecule has 3 aromatic rings. The van der Waals surface area contributed by atoms with Gasteiger partial charge in [0.2, 0.25) is 5.91 Å². The minimum Gasteiger partial charge on any atom is -0.508 e. The van der Waals surface area contributed by atoms with E-state index >= 15 is 0 Å². The van der Waals surface area contributed by atoms with Gasteiger partial charge in [-0.3, -0.25) is 4.79 Å². The Bertz CT molecular complexity index is 1040. The molecule has 0 aliphatic heterocycles. The molecule has 0 aliphatic carbocycles. The smallest absolute Gasteiger partial charge is 0.339 e. The van der Waals surface area contributed by atoms with Crippen molar-refractivity contribution in [2.75, 3.05) is 6.54 Å². The zero-order valence-electron chi connectivity index (χ0n) is 14.9. The van der Waals surface area contributed by atoms with E-state index in [1.807, 2.05) is 0 Å². The number of rotatable bonds is 6. The highest BCUT2D eigenvalue weighted by Gasteiger charge is 2.13. The van der Waals surface area contributed by atoms with Crippen LogP contribution in [0.2, 0.25) is 0 Å². The molecular formula is C21H20FNO4. The van der Waals surface area contributed by atoms with Gasteiger partial charge in [0.15, 0.2) is 0 Å². The number of aromatic hydroxyl groups is 1. The normalized spacial score (nSPS) is 10.9. The summed E-state index contributed by atoms with van der Waals surface area (Å²) in [5, 5.41) is 13.0. The van der Waals surface area contributed by atoms with Crippen LogP contribution < -0.4 is 10.9 Å². The number of benzene rings is 2. The highest BCUT2D eigenvalue weighted by Crippen LogP contribution is 2.23. The summed E-state index contributed by atoms with van der Waals surface area (Å²) in [5.74, 6) is -0.481. The third-order valence-electron chi connectivity index (χ3n) is 4.55. The number of phenolic OH excluding ortho intramolecular Hbond substituents is 1. The standard InChI is InChI=1S/C21H20FNO4/c1-13-16-7-6-15(24)12-19(16)27-21(26)17(13)8-9-20(25)23-11-10-14-4-2-3-5-18(14)22/h2-7,12,24H,8-11H2,1H3,(H,23,25). The van der Waals surface area contributed by atoms with Gasteiger partial charge in [-0.1, -0.05) is 18.2 Å². The lowest BCUT2D eigenvalue weighted by molar-refractivity contribution is -0.121.